The lowest BCUT2D eigenvalue weighted by Crippen LogP contribution is -2.61. The lowest BCUT2D eigenvalue weighted by atomic mass is 9.99. The number of benzene rings is 4. The van der Waals surface area contributed by atoms with Crippen molar-refractivity contribution in [3.05, 3.63) is 118 Å². The van der Waals surface area contributed by atoms with Gasteiger partial charge < -0.3 is 118 Å². The Hall–Kier alpha value is -9.88. The molecule has 6 aliphatic rings. The number of rotatable bonds is 23. The number of carboxylic acids is 2. The van der Waals surface area contributed by atoms with Crippen LogP contribution in [-0.4, -0.2) is 248 Å². The van der Waals surface area contributed by atoms with Gasteiger partial charge in [0.2, 0.25) is 12.6 Å². The summed E-state index contributed by atoms with van der Waals surface area (Å²) in [6, 6.07) is 10.7. The van der Waals surface area contributed by atoms with Crippen molar-refractivity contribution < 1.29 is 142 Å². The van der Waals surface area contributed by atoms with E-state index in [1.165, 1.54) is 84.7 Å². The van der Waals surface area contributed by atoms with E-state index < -0.39 is 153 Å². The standard InChI is InChI=1S/C67H77N5O29/c1-29(2)68-56(79)36-19-32(11-13-42(36)98-64-52(77)48(73)50(75)54(100-64)61(84)85)27-96-66(89)71-38-23-46(44(91-5)21-34(38)57(80)69-25-30(3)17-40(69)59(71)82)94-15-9-8-10-16-95-47-24-39-35(22-45(47)92-6)58(81)70-26-31(4)18-41(70)60(83)72(39)67(90)97-28-33-12-14-43(37(20-33)63(88)93-7)99-65-53(78)49(74)51(76)55(101-65)62(86)87/h11-14,19-24,29,40-41,48-55,59-60,64-65,73-78,82-83H,3-4,8-10,15-18,25-28H2,1-2,5-7H3,(H,68,79)(H,84,85)(H,86,87)/t40-,41-,48-,49-,50-,51-,52+,53+,54-,55-,59?,60?,64+,65+/m0/s1. The third-order valence-electron chi connectivity index (χ3n) is 17.6. The van der Waals surface area contributed by atoms with E-state index in [-0.39, 0.29) is 118 Å². The average molecular weight is 1420 g/mol. The van der Waals surface area contributed by atoms with Crippen molar-refractivity contribution in [2.45, 2.75) is 151 Å². The van der Waals surface area contributed by atoms with E-state index >= 15 is 0 Å². The van der Waals surface area contributed by atoms with E-state index in [4.69, 9.17) is 52.1 Å². The van der Waals surface area contributed by atoms with Gasteiger partial charge in [0, 0.05) is 31.3 Å². The largest absolute Gasteiger partial charge is 0.493 e. The molecule has 4 aromatic carbocycles. The Balaban J connectivity index is 0.818. The summed E-state index contributed by atoms with van der Waals surface area (Å²) in [5.41, 5.74) is 0.645. The van der Waals surface area contributed by atoms with Gasteiger partial charge >= 0.3 is 30.1 Å². The maximum absolute atomic E-state index is 14.5. The van der Waals surface area contributed by atoms with Crippen LogP contribution in [-0.2, 0) is 46.5 Å². The van der Waals surface area contributed by atoms with Crippen LogP contribution < -0.4 is 43.5 Å². The van der Waals surface area contributed by atoms with Gasteiger partial charge in [-0.05, 0) is 93.5 Å². The molecular weight excluding hydrogens is 1340 g/mol. The maximum atomic E-state index is 14.5. The number of esters is 1. The highest BCUT2D eigenvalue weighted by Gasteiger charge is 2.52. The van der Waals surface area contributed by atoms with E-state index in [9.17, 15) is 89.4 Å². The molecule has 0 bridgehead atoms. The number of aliphatic hydroxyl groups excluding tert-OH is 8. The fourth-order valence-corrected chi connectivity index (χ4v) is 12.4. The zero-order valence-electron chi connectivity index (χ0n) is 55.1. The zero-order valence-corrected chi connectivity index (χ0v) is 55.1. The normalized spacial score (nSPS) is 26.1. The first kappa shape index (κ1) is 73.8. The number of unbranched alkanes of at least 4 members (excludes halogenated alkanes) is 2. The van der Waals surface area contributed by atoms with Crippen LogP contribution in [0.5, 0.6) is 34.5 Å². The molecule has 101 heavy (non-hydrogen) atoms. The summed E-state index contributed by atoms with van der Waals surface area (Å²) >= 11 is 0. The molecule has 14 atom stereocenters. The molecule has 0 saturated carbocycles. The van der Waals surface area contributed by atoms with Gasteiger partial charge in [0.15, 0.2) is 47.7 Å². The van der Waals surface area contributed by atoms with Crippen molar-refractivity contribution in [2.24, 2.45) is 0 Å². The number of nitrogens with zero attached hydrogens (tertiary/aromatic N) is 4. The fourth-order valence-electron chi connectivity index (χ4n) is 12.4. The molecule has 0 aliphatic carbocycles. The van der Waals surface area contributed by atoms with Crippen LogP contribution in [0.2, 0.25) is 0 Å². The molecule has 6 aliphatic heterocycles. The molecule has 10 rings (SSSR count). The summed E-state index contributed by atoms with van der Waals surface area (Å²) in [6.07, 6.45) is -24.1. The molecule has 0 spiro atoms. The van der Waals surface area contributed by atoms with Gasteiger partial charge in [-0.25, -0.2) is 33.8 Å². The number of anilines is 2. The van der Waals surface area contributed by atoms with Crippen molar-refractivity contribution in [1.82, 2.24) is 15.1 Å². The fraction of sp³-hybridized carbons (Fsp3) is 0.463. The number of aliphatic hydroxyl groups is 8. The Morgan fingerprint density at radius 3 is 1.36 bits per heavy atom. The predicted octanol–water partition coefficient (Wildman–Crippen LogP) is 1.29. The molecule has 4 aromatic rings. The van der Waals surface area contributed by atoms with Crippen LogP contribution in [0.4, 0.5) is 21.0 Å². The molecule has 6 heterocycles. The number of carbonyl (C=O) groups excluding carboxylic acids is 6. The lowest BCUT2D eigenvalue weighted by molar-refractivity contribution is -0.271. The van der Waals surface area contributed by atoms with Crippen LogP contribution in [0.3, 0.4) is 0 Å². The van der Waals surface area contributed by atoms with Gasteiger partial charge in [-0.15, -0.1) is 0 Å². The Kier molecular flexibility index (Phi) is 22.6. The molecular formula is C67H77N5O29. The predicted molar refractivity (Wildman–Crippen MR) is 342 cm³/mol. The van der Waals surface area contributed by atoms with Crippen LogP contribution >= 0.6 is 0 Å². The number of aliphatic carboxylic acids is 2. The molecule has 2 unspecified atom stereocenters. The number of carbonyl (C=O) groups is 8. The second kappa shape index (κ2) is 30.9. The molecule has 0 aromatic heterocycles. The molecule has 4 saturated heterocycles. The minimum Gasteiger partial charge on any atom is -0.493 e. The second-order valence-corrected chi connectivity index (χ2v) is 24.9. The smallest absolute Gasteiger partial charge is 0.416 e. The SMILES string of the molecule is C=C1C[C@H]2C(O)N(C(=O)OCc3ccc(O[C@@H]4O[C@H](C(=O)O)[C@@H](O)[C@H](O)[C@H]4O)c(C(=O)NC(C)C)c3)c3cc(OCCCCCOc4cc5c(cc4OC)C(=O)N4CC(=C)C[C@H]4C(O)N5C(=O)OCc4ccc(O[C@@H]5O[C@H](C(=O)O)[C@@H](O)[C@H](O)[C@H]5O)c(C(=O)OC)c4)c(OC)cc3C(=O)N2C1. The Labute approximate surface area is 575 Å². The number of carboxylic acid groups (broad SMARTS) is 2. The number of hydrogen-bond donors (Lipinski definition) is 11. The molecule has 4 fully saturated rings. The highest BCUT2D eigenvalue weighted by Crippen LogP contribution is 2.45. The molecule has 544 valence electrons. The monoisotopic (exact) mass is 1420 g/mol. The number of ether oxygens (including phenoxy) is 11. The molecule has 34 nitrogen and oxygen atoms in total. The average Bonchev–Trinajstić information content (AvgIpc) is 1.60. The Morgan fingerprint density at radius 2 is 0.960 bits per heavy atom. The van der Waals surface area contributed by atoms with Crippen molar-refractivity contribution in [3.8, 4) is 34.5 Å². The highest BCUT2D eigenvalue weighted by atomic mass is 16.7. The topological polar surface area (TPSA) is 465 Å². The zero-order chi connectivity index (χ0) is 73.2. The van der Waals surface area contributed by atoms with Gasteiger partial charge in [-0.2, -0.15) is 0 Å². The van der Waals surface area contributed by atoms with Crippen molar-refractivity contribution in [1.29, 1.82) is 0 Å². The van der Waals surface area contributed by atoms with Crippen LogP contribution in [0.25, 0.3) is 0 Å². The van der Waals surface area contributed by atoms with Gasteiger partial charge in [0.1, 0.15) is 66.9 Å². The maximum Gasteiger partial charge on any atom is 0.416 e. The quantitative estimate of drug-likeness (QED) is 0.0216. The summed E-state index contributed by atoms with van der Waals surface area (Å²) in [6.45, 7) is 10.4. The van der Waals surface area contributed by atoms with E-state index in [1.807, 2.05) is 0 Å². The minimum atomic E-state index is -2.03. The minimum absolute atomic E-state index is 0.0282. The summed E-state index contributed by atoms with van der Waals surface area (Å²) in [5.74, 6) is -6.47. The molecule has 0 radical (unpaired) electrons. The van der Waals surface area contributed by atoms with Crippen molar-refractivity contribution >= 4 is 59.2 Å². The summed E-state index contributed by atoms with van der Waals surface area (Å²) in [5, 5.41) is 108. The number of methoxy groups -OCH3 is 3. The summed E-state index contributed by atoms with van der Waals surface area (Å²) in [7, 11) is 3.73. The number of nitrogens with one attached hydrogen (secondary N) is 1. The van der Waals surface area contributed by atoms with Crippen molar-refractivity contribution in [3.63, 3.8) is 0 Å². The number of fused-ring (bicyclic) bond motifs is 4. The summed E-state index contributed by atoms with van der Waals surface area (Å²) in [4.78, 5) is 112. The second-order valence-electron chi connectivity index (χ2n) is 24.9. The third-order valence-corrected chi connectivity index (χ3v) is 17.6. The van der Waals surface area contributed by atoms with Gasteiger partial charge in [-0.1, -0.05) is 36.4 Å². The van der Waals surface area contributed by atoms with Gasteiger partial charge in [-0.3, -0.25) is 14.4 Å². The summed E-state index contributed by atoms with van der Waals surface area (Å²) < 4.78 is 62.1. The molecule has 11 N–H and O–H groups in total. The first-order chi connectivity index (χ1) is 48.0. The first-order valence-corrected chi connectivity index (χ1v) is 31.8. The van der Waals surface area contributed by atoms with Gasteiger partial charge in [0.05, 0.1) is 74.7 Å². The van der Waals surface area contributed by atoms with E-state index in [0.717, 1.165) is 16.9 Å². The van der Waals surface area contributed by atoms with E-state index in [1.54, 1.807) is 13.8 Å². The van der Waals surface area contributed by atoms with Crippen LogP contribution in [0, 0.1) is 0 Å². The van der Waals surface area contributed by atoms with Crippen LogP contribution in [0.1, 0.15) is 98.5 Å². The van der Waals surface area contributed by atoms with E-state index in [2.05, 4.69) is 18.5 Å². The van der Waals surface area contributed by atoms with Gasteiger partial charge in [0.25, 0.3) is 17.7 Å². The number of amides is 5. The first-order valence-electron chi connectivity index (χ1n) is 31.8. The van der Waals surface area contributed by atoms with E-state index in [0.29, 0.717) is 30.4 Å². The number of hydrogen-bond acceptors (Lipinski definition) is 27. The van der Waals surface area contributed by atoms with Crippen LogP contribution in [0.15, 0.2) is 85.0 Å². The highest BCUT2D eigenvalue weighted by molar-refractivity contribution is 6.07. The third kappa shape index (κ3) is 15.3. The molecule has 5 amide bonds. The molecule has 34 heteroatoms. The Morgan fingerprint density at radius 1 is 0.545 bits per heavy atom. The Bertz CT molecular complexity index is 3890. The lowest BCUT2D eigenvalue weighted by Gasteiger charge is -2.38. The van der Waals surface area contributed by atoms with Crippen molar-refractivity contribution in [2.75, 3.05) is 57.4 Å².